The fourth-order valence-electron chi connectivity index (χ4n) is 2.98. The molecule has 0 spiro atoms. The van der Waals surface area contributed by atoms with E-state index < -0.39 is 0 Å². The van der Waals surface area contributed by atoms with Gasteiger partial charge in [-0.15, -0.1) is 11.3 Å². The molecule has 2 N–H and O–H groups in total. The lowest BCUT2D eigenvalue weighted by Gasteiger charge is -2.37. The van der Waals surface area contributed by atoms with Gasteiger partial charge in [0.05, 0.1) is 18.2 Å². The predicted molar refractivity (Wildman–Crippen MR) is 70.3 cm³/mol. The number of nitrogens with two attached hydrogens (primary N) is 1. The largest absolute Gasteiger partial charge is 0.372 e. The maximum atomic E-state index is 5.98. The van der Waals surface area contributed by atoms with Gasteiger partial charge >= 0.3 is 0 Å². The Morgan fingerprint density at radius 3 is 2.65 bits per heavy atom. The van der Waals surface area contributed by atoms with Crippen molar-refractivity contribution in [2.45, 2.75) is 38.0 Å². The van der Waals surface area contributed by atoms with Crippen LogP contribution in [0.15, 0.2) is 12.1 Å². The topological polar surface area (TPSA) is 38.5 Å². The number of morpholine rings is 1. The molecule has 4 heteroatoms. The van der Waals surface area contributed by atoms with Gasteiger partial charge in [-0.1, -0.05) is 0 Å². The Morgan fingerprint density at radius 2 is 2.12 bits per heavy atom. The van der Waals surface area contributed by atoms with E-state index in [4.69, 9.17) is 10.5 Å². The van der Waals surface area contributed by atoms with Crippen molar-refractivity contribution in [2.24, 2.45) is 5.73 Å². The number of aryl methyl sites for hydroxylation is 1. The third-order valence-corrected chi connectivity index (χ3v) is 4.93. The summed E-state index contributed by atoms with van der Waals surface area (Å²) in [5, 5.41) is 0. The Hall–Kier alpha value is -0.420. The second kappa shape index (κ2) is 4.69. The highest BCUT2D eigenvalue weighted by atomic mass is 32.1. The van der Waals surface area contributed by atoms with Crippen molar-refractivity contribution in [2.75, 3.05) is 19.6 Å². The number of nitrogens with zero attached hydrogens (tertiary/aromatic N) is 1. The summed E-state index contributed by atoms with van der Waals surface area (Å²) < 4.78 is 5.88. The molecule has 2 saturated heterocycles. The first-order chi connectivity index (χ1) is 8.26. The number of rotatable bonds is 3. The predicted octanol–water partition coefficient (Wildman–Crippen LogP) is 1.92. The molecule has 3 heterocycles. The van der Waals surface area contributed by atoms with Crippen LogP contribution in [-0.2, 0) is 4.74 Å². The first kappa shape index (κ1) is 11.7. The molecule has 0 amide bonds. The van der Waals surface area contributed by atoms with Gasteiger partial charge in [-0.3, -0.25) is 4.90 Å². The summed E-state index contributed by atoms with van der Waals surface area (Å²) in [6.07, 6.45) is 3.34. The number of hydrogen-bond acceptors (Lipinski definition) is 4. The molecule has 3 rings (SSSR count). The highest BCUT2D eigenvalue weighted by Crippen LogP contribution is 2.33. The Morgan fingerprint density at radius 1 is 1.41 bits per heavy atom. The SMILES string of the molecule is Cc1ccc(C(CN)N2CC3CCC(C2)O3)s1. The van der Waals surface area contributed by atoms with Crippen molar-refractivity contribution in [3.8, 4) is 0 Å². The minimum absolute atomic E-state index is 0.390. The molecule has 2 aliphatic heterocycles. The lowest BCUT2D eigenvalue weighted by atomic mass is 10.1. The molecule has 3 nitrogen and oxygen atoms in total. The van der Waals surface area contributed by atoms with Gasteiger partial charge in [0.15, 0.2) is 0 Å². The molecule has 3 unspecified atom stereocenters. The molecule has 0 aliphatic carbocycles. The summed E-state index contributed by atoms with van der Waals surface area (Å²) in [7, 11) is 0. The van der Waals surface area contributed by atoms with Gasteiger partial charge < -0.3 is 10.5 Å². The molecule has 1 aromatic rings. The summed E-state index contributed by atoms with van der Waals surface area (Å²) in [4.78, 5) is 5.30. The number of fused-ring (bicyclic) bond motifs is 2. The van der Waals surface area contributed by atoms with Crippen LogP contribution >= 0.6 is 11.3 Å². The summed E-state index contributed by atoms with van der Waals surface area (Å²) in [6, 6.07) is 4.81. The monoisotopic (exact) mass is 252 g/mol. The van der Waals surface area contributed by atoms with Gasteiger partial charge in [-0.05, 0) is 31.9 Å². The normalized spacial score (nSPS) is 30.7. The van der Waals surface area contributed by atoms with E-state index in [0.717, 1.165) is 13.1 Å². The highest BCUT2D eigenvalue weighted by molar-refractivity contribution is 7.12. The second-order valence-corrected chi connectivity index (χ2v) is 6.43. The van der Waals surface area contributed by atoms with Gasteiger partial charge in [0, 0.05) is 29.4 Å². The molecule has 1 aromatic heterocycles. The lowest BCUT2D eigenvalue weighted by Crippen LogP contribution is -2.46. The Labute approximate surface area is 107 Å². The van der Waals surface area contributed by atoms with Crippen LogP contribution in [0.3, 0.4) is 0 Å². The Balaban J connectivity index is 1.77. The zero-order chi connectivity index (χ0) is 11.8. The van der Waals surface area contributed by atoms with E-state index in [0.29, 0.717) is 24.8 Å². The van der Waals surface area contributed by atoms with Crippen LogP contribution in [0.2, 0.25) is 0 Å². The Kier molecular flexibility index (Phi) is 3.21. The van der Waals surface area contributed by atoms with Crippen molar-refractivity contribution in [3.63, 3.8) is 0 Å². The van der Waals surface area contributed by atoms with Gasteiger partial charge in [-0.2, -0.15) is 0 Å². The van der Waals surface area contributed by atoms with E-state index in [1.807, 2.05) is 11.3 Å². The van der Waals surface area contributed by atoms with Crippen molar-refractivity contribution in [1.82, 2.24) is 4.90 Å². The Bertz CT molecular complexity index is 381. The van der Waals surface area contributed by atoms with Crippen molar-refractivity contribution >= 4 is 11.3 Å². The molecule has 94 valence electrons. The summed E-state index contributed by atoms with van der Waals surface area (Å²) in [5.41, 5.74) is 5.98. The quantitative estimate of drug-likeness (QED) is 0.893. The van der Waals surface area contributed by atoms with Crippen molar-refractivity contribution in [1.29, 1.82) is 0 Å². The fourth-order valence-corrected chi connectivity index (χ4v) is 4.00. The van der Waals surface area contributed by atoms with E-state index >= 15 is 0 Å². The van der Waals surface area contributed by atoms with E-state index in [1.165, 1.54) is 22.6 Å². The average molecular weight is 252 g/mol. The fraction of sp³-hybridized carbons (Fsp3) is 0.692. The molecule has 2 aliphatic rings. The van der Waals surface area contributed by atoms with Gasteiger partial charge in [0.1, 0.15) is 0 Å². The second-order valence-electron chi connectivity index (χ2n) is 5.11. The van der Waals surface area contributed by atoms with Crippen LogP contribution < -0.4 is 5.73 Å². The number of likely N-dealkylation sites (tertiary alicyclic amines) is 1. The van der Waals surface area contributed by atoms with Crippen molar-refractivity contribution < 1.29 is 4.74 Å². The van der Waals surface area contributed by atoms with Crippen LogP contribution in [-0.4, -0.2) is 36.7 Å². The smallest absolute Gasteiger partial charge is 0.0707 e. The van der Waals surface area contributed by atoms with Crippen molar-refractivity contribution in [3.05, 3.63) is 21.9 Å². The zero-order valence-corrected chi connectivity index (χ0v) is 11.1. The molecular formula is C13H20N2OS. The maximum absolute atomic E-state index is 5.98. The molecule has 17 heavy (non-hydrogen) atoms. The standard InChI is InChI=1S/C13H20N2OS/c1-9-2-5-13(17-9)12(6-14)15-7-10-3-4-11(8-15)16-10/h2,5,10-12H,3-4,6-8,14H2,1H3. The van der Waals surface area contributed by atoms with Crippen LogP contribution in [0.1, 0.15) is 28.6 Å². The van der Waals surface area contributed by atoms with Gasteiger partial charge in [0.2, 0.25) is 0 Å². The summed E-state index contributed by atoms with van der Waals surface area (Å²) in [6.45, 7) is 4.97. The lowest BCUT2D eigenvalue weighted by molar-refractivity contribution is -0.0516. The number of thiophene rings is 1. The highest BCUT2D eigenvalue weighted by Gasteiger charge is 2.36. The van der Waals surface area contributed by atoms with E-state index in [9.17, 15) is 0 Å². The molecule has 0 radical (unpaired) electrons. The summed E-state index contributed by atoms with van der Waals surface area (Å²) >= 11 is 1.87. The molecule has 0 saturated carbocycles. The van der Waals surface area contributed by atoms with Crippen LogP contribution in [0, 0.1) is 6.92 Å². The van der Waals surface area contributed by atoms with E-state index in [-0.39, 0.29) is 0 Å². The molecular weight excluding hydrogens is 232 g/mol. The average Bonchev–Trinajstić information content (AvgIpc) is 2.87. The van der Waals surface area contributed by atoms with Crippen LogP contribution in [0.25, 0.3) is 0 Å². The minimum Gasteiger partial charge on any atom is -0.372 e. The number of ether oxygens (including phenoxy) is 1. The maximum Gasteiger partial charge on any atom is 0.0707 e. The molecule has 2 fully saturated rings. The van der Waals surface area contributed by atoms with Crippen LogP contribution in [0.4, 0.5) is 0 Å². The van der Waals surface area contributed by atoms with Gasteiger partial charge in [0.25, 0.3) is 0 Å². The third-order valence-electron chi connectivity index (χ3n) is 3.83. The van der Waals surface area contributed by atoms with Gasteiger partial charge in [-0.25, -0.2) is 0 Å². The number of hydrogen-bond donors (Lipinski definition) is 1. The first-order valence-corrected chi connectivity index (χ1v) is 7.24. The first-order valence-electron chi connectivity index (χ1n) is 6.42. The molecule has 0 aromatic carbocycles. The van der Waals surface area contributed by atoms with Crippen LogP contribution in [0.5, 0.6) is 0 Å². The zero-order valence-electron chi connectivity index (χ0n) is 10.3. The molecule has 2 bridgehead atoms. The van der Waals surface area contributed by atoms with E-state index in [2.05, 4.69) is 24.0 Å². The minimum atomic E-state index is 0.390. The third kappa shape index (κ3) is 2.27. The summed E-state index contributed by atoms with van der Waals surface area (Å²) in [5.74, 6) is 0. The van der Waals surface area contributed by atoms with E-state index in [1.54, 1.807) is 0 Å². The molecule has 3 atom stereocenters.